The molecule has 0 saturated heterocycles. The van der Waals surface area contributed by atoms with Gasteiger partial charge in [-0.05, 0) is 55.3 Å². The molecule has 3 aromatic rings. The number of carbonyl (C=O) groups is 1. The summed E-state index contributed by atoms with van der Waals surface area (Å²) in [6.07, 6.45) is 0. The van der Waals surface area contributed by atoms with E-state index in [2.05, 4.69) is 5.32 Å². The molecule has 0 fully saturated rings. The van der Waals surface area contributed by atoms with Crippen molar-refractivity contribution >= 4 is 33.2 Å². The van der Waals surface area contributed by atoms with Crippen molar-refractivity contribution in [1.29, 1.82) is 0 Å². The van der Waals surface area contributed by atoms with Crippen LogP contribution in [0.25, 0.3) is 0 Å². The molecular weight excluding hydrogens is 476 g/mol. The minimum absolute atomic E-state index is 0.0378. The van der Waals surface area contributed by atoms with Crippen LogP contribution in [0.3, 0.4) is 0 Å². The van der Waals surface area contributed by atoms with Gasteiger partial charge in [0.1, 0.15) is 22.9 Å². The Labute approximate surface area is 205 Å². The third-order valence-corrected chi connectivity index (χ3v) is 7.49. The van der Waals surface area contributed by atoms with Crippen LogP contribution in [0.2, 0.25) is 5.02 Å². The van der Waals surface area contributed by atoms with Gasteiger partial charge in [0.15, 0.2) is 0 Å². The number of para-hydroxylation sites is 1. The second-order valence-corrected chi connectivity index (χ2v) is 9.93. The highest BCUT2D eigenvalue weighted by atomic mass is 35.5. The lowest BCUT2D eigenvalue weighted by Gasteiger charge is -2.25. The van der Waals surface area contributed by atoms with Crippen molar-refractivity contribution < 1.29 is 22.7 Å². The molecule has 0 aliphatic rings. The van der Waals surface area contributed by atoms with Gasteiger partial charge in [-0.25, -0.2) is 8.42 Å². The summed E-state index contributed by atoms with van der Waals surface area (Å²) in [6, 6.07) is 17.0. The monoisotopic (exact) mass is 502 g/mol. The van der Waals surface area contributed by atoms with E-state index in [1.54, 1.807) is 44.4 Å². The summed E-state index contributed by atoms with van der Waals surface area (Å²) < 4.78 is 39.2. The Balaban J connectivity index is 1.97. The first-order valence-corrected chi connectivity index (χ1v) is 12.3. The first kappa shape index (κ1) is 25.4. The van der Waals surface area contributed by atoms with Crippen molar-refractivity contribution in [1.82, 2.24) is 5.32 Å². The minimum Gasteiger partial charge on any atom is -0.496 e. The molecule has 3 rings (SSSR count). The standard InChI is InChI=1S/C25H27ClN2O5S/c1-17-9-12-23(33-4)24(13-17)34(30,31)28(20-11-10-18(2)21(26)14-20)16-25(29)27-15-19-7-5-6-8-22(19)32-3/h5-14H,15-16H2,1-4H3,(H,27,29). The summed E-state index contributed by atoms with van der Waals surface area (Å²) in [5.41, 5.74) is 2.57. The number of sulfonamides is 1. The second-order valence-electron chi connectivity index (χ2n) is 7.69. The molecule has 34 heavy (non-hydrogen) atoms. The number of aryl methyl sites for hydroxylation is 2. The van der Waals surface area contributed by atoms with Crippen LogP contribution in [0.1, 0.15) is 16.7 Å². The van der Waals surface area contributed by atoms with E-state index in [0.717, 1.165) is 21.0 Å². The molecule has 0 aliphatic heterocycles. The summed E-state index contributed by atoms with van der Waals surface area (Å²) in [7, 11) is -1.23. The Morgan fingerprint density at radius 3 is 2.35 bits per heavy atom. The number of anilines is 1. The van der Waals surface area contributed by atoms with E-state index in [-0.39, 0.29) is 22.9 Å². The molecule has 0 unspecified atom stereocenters. The van der Waals surface area contributed by atoms with Gasteiger partial charge in [0.2, 0.25) is 5.91 Å². The number of hydrogen-bond donors (Lipinski definition) is 1. The van der Waals surface area contributed by atoms with Gasteiger partial charge in [-0.1, -0.05) is 41.9 Å². The molecule has 0 bridgehead atoms. The Hall–Kier alpha value is -3.23. The van der Waals surface area contributed by atoms with Gasteiger partial charge in [0, 0.05) is 17.1 Å². The summed E-state index contributed by atoms with van der Waals surface area (Å²) in [5.74, 6) is 0.322. The fraction of sp³-hybridized carbons (Fsp3) is 0.240. The van der Waals surface area contributed by atoms with E-state index in [0.29, 0.717) is 10.8 Å². The van der Waals surface area contributed by atoms with E-state index in [1.807, 2.05) is 25.1 Å². The number of amides is 1. The number of ether oxygens (including phenoxy) is 2. The quantitative estimate of drug-likeness (QED) is 0.466. The van der Waals surface area contributed by atoms with E-state index in [1.165, 1.54) is 19.2 Å². The molecule has 0 heterocycles. The van der Waals surface area contributed by atoms with Crippen LogP contribution in [0, 0.1) is 13.8 Å². The second kappa shape index (κ2) is 10.8. The predicted molar refractivity (Wildman–Crippen MR) is 133 cm³/mol. The molecule has 7 nitrogen and oxygen atoms in total. The number of hydrogen-bond acceptors (Lipinski definition) is 5. The molecule has 0 aliphatic carbocycles. The van der Waals surface area contributed by atoms with Gasteiger partial charge in [-0.3, -0.25) is 9.10 Å². The van der Waals surface area contributed by atoms with E-state index in [9.17, 15) is 13.2 Å². The zero-order valence-corrected chi connectivity index (χ0v) is 21.0. The molecule has 0 atom stereocenters. The number of halogens is 1. The van der Waals surface area contributed by atoms with E-state index in [4.69, 9.17) is 21.1 Å². The number of nitrogens with one attached hydrogen (secondary N) is 1. The minimum atomic E-state index is -4.18. The number of carbonyl (C=O) groups excluding carboxylic acids is 1. The lowest BCUT2D eigenvalue weighted by atomic mass is 10.2. The van der Waals surface area contributed by atoms with Gasteiger partial charge < -0.3 is 14.8 Å². The number of benzene rings is 3. The van der Waals surface area contributed by atoms with E-state index >= 15 is 0 Å². The van der Waals surface area contributed by atoms with Crippen LogP contribution in [-0.2, 0) is 21.4 Å². The van der Waals surface area contributed by atoms with E-state index < -0.39 is 22.5 Å². The zero-order valence-electron chi connectivity index (χ0n) is 19.5. The van der Waals surface area contributed by atoms with Crippen molar-refractivity contribution in [2.45, 2.75) is 25.3 Å². The van der Waals surface area contributed by atoms with Gasteiger partial charge in [0.25, 0.3) is 10.0 Å². The fourth-order valence-electron chi connectivity index (χ4n) is 3.39. The number of methoxy groups -OCH3 is 2. The Bertz CT molecular complexity index is 1290. The van der Waals surface area contributed by atoms with Crippen LogP contribution in [0.4, 0.5) is 5.69 Å². The zero-order chi connectivity index (χ0) is 24.9. The van der Waals surface area contributed by atoms with Crippen LogP contribution >= 0.6 is 11.6 Å². The third kappa shape index (κ3) is 5.63. The molecule has 1 N–H and O–H groups in total. The van der Waals surface area contributed by atoms with Gasteiger partial charge in [0.05, 0.1) is 19.9 Å². The molecule has 0 aromatic heterocycles. The SMILES string of the molecule is COc1ccccc1CNC(=O)CN(c1ccc(C)c(Cl)c1)S(=O)(=O)c1cc(C)ccc1OC. The Morgan fingerprint density at radius 1 is 0.971 bits per heavy atom. The van der Waals surface area contributed by atoms with Crippen molar-refractivity contribution in [2.75, 3.05) is 25.1 Å². The normalized spacial score (nSPS) is 11.1. The molecular formula is C25H27ClN2O5S. The maximum Gasteiger partial charge on any atom is 0.268 e. The third-order valence-electron chi connectivity index (χ3n) is 5.29. The maximum absolute atomic E-state index is 13.8. The maximum atomic E-state index is 13.8. The average Bonchev–Trinajstić information content (AvgIpc) is 2.83. The first-order chi connectivity index (χ1) is 16.2. The van der Waals surface area contributed by atoms with Crippen LogP contribution in [0.5, 0.6) is 11.5 Å². The van der Waals surface area contributed by atoms with Crippen molar-refractivity contribution in [3.63, 3.8) is 0 Å². The van der Waals surface area contributed by atoms with Crippen molar-refractivity contribution in [3.05, 3.63) is 82.4 Å². The van der Waals surface area contributed by atoms with Gasteiger partial charge in [-0.2, -0.15) is 0 Å². The smallest absolute Gasteiger partial charge is 0.268 e. The first-order valence-electron chi connectivity index (χ1n) is 10.5. The molecule has 0 saturated carbocycles. The van der Waals surface area contributed by atoms with Crippen LogP contribution in [-0.4, -0.2) is 35.1 Å². The summed E-state index contributed by atoms with van der Waals surface area (Å²) in [6.45, 7) is 3.33. The highest BCUT2D eigenvalue weighted by Gasteiger charge is 2.30. The van der Waals surface area contributed by atoms with Crippen LogP contribution in [0.15, 0.2) is 65.6 Å². The largest absolute Gasteiger partial charge is 0.496 e. The topological polar surface area (TPSA) is 84.9 Å². The summed E-state index contributed by atoms with van der Waals surface area (Å²) in [5, 5.41) is 3.17. The van der Waals surface area contributed by atoms with Gasteiger partial charge >= 0.3 is 0 Å². The number of nitrogens with zero attached hydrogens (tertiary/aromatic N) is 1. The Morgan fingerprint density at radius 2 is 1.68 bits per heavy atom. The van der Waals surface area contributed by atoms with Crippen LogP contribution < -0.4 is 19.1 Å². The lowest BCUT2D eigenvalue weighted by molar-refractivity contribution is -0.119. The molecule has 0 radical (unpaired) electrons. The molecule has 0 spiro atoms. The Kier molecular flexibility index (Phi) is 8.06. The average molecular weight is 503 g/mol. The van der Waals surface area contributed by atoms with Gasteiger partial charge in [-0.15, -0.1) is 0 Å². The molecule has 1 amide bonds. The highest BCUT2D eigenvalue weighted by Crippen LogP contribution is 2.32. The molecule has 3 aromatic carbocycles. The summed E-state index contributed by atoms with van der Waals surface area (Å²) >= 11 is 6.29. The van der Waals surface area contributed by atoms with Crippen molar-refractivity contribution in [2.24, 2.45) is 0 Å². The number of rotatable bonds is 9. The highest BCUT2D eigenvalue weighted by molar-refractivity contribution is 7.93. The molecule has 9 heteroatoms. The van der Waals surface area contributed by atoms with Crippen molar-refractivity contribution in [3.8, 4) is 11.5 Å². The summed E-state index contributed by atoms with van der Waals surface area (Å²) in [4.78, 5) is 12.9. The predicted octanol–water partition coefficient (Wildman–Crippen LogP) is 4.49. The lowest BCUT2D eigenvalue weighted by Crippen LogP contribution is -2.40. The molecule has 180 valence electrons. The fourth-order valence-corrected chi connectivity index (χ4v) is 5.22.